The third-order valence-electron chi connectivity index (χ3n) is 3.17. The molecule has 90 valence electrons. The first-order valence-electron chi connectivity index (χ1n) is 6.06. The van der Waals surface area contributed by atoms with Crippen molar-refractivity contribution in [3.8, 4) is 0 Å². The van der Waals surface area contributed by atoms with Crippen LogP contribution in [0.15, 0.2) is 28.7 Å². The fourth-order valence-corrected chi connectivity index (χ4v) is 2.22. The van der Waals surface area contributed by atoms with Gasteiger partial charge in [0.2, 0.25) is 0 Å². The standard InChI is InChI=1S/C13H16N2O2/c1-9(11-7-4-8-16-11)14-13-15-10-5-2-3-6-12(10)17-13/h2-3,5-6,9,11H,4,7-8H2,1H3,(H,14,15)/t9-,11-/m0/s1. The van der Waals surface area contributed by atoms with E-state index in [2.05, 4.69) is 17.2 Å². The molecule has 17 heavy (non-hydrogen) atoms. The molecule has 1 aliphatic rings. The summed E-state index contributed by atoms with van der Waals surface area (Å²) in [5.41, 5.74) is 1.70. The first-order valence-corrected chi connectivity index (χ1v) is 6.06. The maximum atomic E-state index is 5.63. The third-order valence-corrected chi connectivity index (χ3v) is 3.17. The minimum Gasteiger partial charge on any atom is -0.424 e. The fourth-order valence-electron chi connectivity index (χ4n) is 2.22. The molecule has 2 aromatic rings. The lowest BCUT2D eigenvalue weighted by atomic mass is 10.1. The van der Waals surface area contributed by atoms with Crippen molar-refractivity contribution in [2.75, 3.05) is 11.9 Å². The van der Waals surface area contributed by atoms with E-state index < -0.39 is 0 Å². The van der Waals surface area contributed by atoms with Crippen molar-refractivity contribution in [2.24, 2.45) is 0 Å². The second-order valence-electron chi connectivity index (χ2n) is 4.47. The highest BCUT2D eigenvalue weighted by atomic mass is 16.5. The molecule has 0 unspecified atom stereocenters. The van der Waals surface area contributed by atoms with Crippen molar-refractivity contribution < 1.29 is 9.15 Å². The zero-order chi connectivity index (χ0) is 11.7. The van der Waals surface area contributed by atoms with E-state index in [0.717, 1.165) is 30.5 Å². The molecule has 0 bridgehead atoms. The smallest absolute Gasteiger partial charge is 0.295 e. The lowest BCUT2D eigenvalue weighted by Gasteiger charge is -2.18. The summed E-state index contributed by atoms with van der Waals surface area (Å²) in [5, 5.41) is 3.27. The Morgan fingerprint density at radius 2 is 2.29 bits per heavy atom. The lowest BCUT2D eigenvalue weighted by molar-refractivity contribution is 0.0990. The topological polar surface area (TPSA) is 47.3 Å². The van der Waals surface area contributed by atoms with Crippen molar-refractivity contribution in [1.82, 2.24) is 4.98 Å². The van der Waals surface area contributed by atoms with Gasteiger partial charge in [-0.1, -0.05) is 12.1 Å². The molecule has 0 aliphatic carbocycles. The Kier molecular flexibility index (Phi) is 2.73. The van der Waals surface area contributed by atoms with Gasteiger partial charge in [0.05, 0.1) is 12.1 Å². The van der Waals surface area contributed by atoms with Crippen LogP contribution >= 0.6 is 0 Å². The molecule has 1 saturated heterocycles. The van der Waals surface area contributed by atoms with Gasteiger partial charge in [0, 0.05) is 6.61 Å². The fraction of sp³-hybridized carbons (Fsp3) is 0.462. The number of benzene rings is 1. The van der Waals surface area contributed by atoms with Crippen LogP contribution in [0.5, 0.6) is 0 Å². The van der Waals surface area contributed by atoms with Gasteiger partial charge in [-0.05, 0) is 31.9 Å². The maximum Gasteiger partial charge on any atom is 0.295 e. The van der Waals surface area contributed by atoms with Crippen molar-refractivity contribution in [2.45, 2.75) is 31.9 Å². The van der Waals surface area contributed by atoms with Crippen LogP contribution in [0.2, 0.25) is 0 Å². The average molecular weight is 232 g/mol. The van der Waals surface area contributed by atoms with Crippen molar-refractivity contribution in [3.63, 3.8) is 0 Å². The van der Waals surface area contributed by atoms with Crippen molar-refractivity contribution in [1.29, 1.82) is 0 Å². The summed E-state index contributed by atoms with van der Waals surface area (Å²) in [6, 6.07) is 8.57. The highest BCUT2D eigenvalue weighted by Crippen LogP contribution is 2.22. The summed E-state index contributed by atoms with van der Waals surface area (Å²) >= 11 is 0. The first kappa shape index (κ1) is 10.6. The minimum absolute atomic E-state index is 0.227. The monoisotopic (exact) mass is 232 g/mol. The molecule has 1 N–H and O–H groups in total. The lowest BCUT2D eigenvalue weighted by Crippen LogP contribution is -2.30. The zero-order valence-electron chi connectivity index (χ0n) is 9.85. The molecule has 0 amide bonds. The van der Waals surface area contributed by atoms with Crippen LogP contribution in [0, 0.1) is 0 Å². The quantitative estimate of drug-likeness (QED) is 0.884. The van der Waals surface area contributed by atoms with Gasteiger partial charge in [-0.15, -0.1) is 0 Å². The molecule has 2 atom stereocenters. The van der Waals surface area contributed by atoms with E-state index in [4.69, 9.17) is 9.15 Å². The molecule has 1 aromatic carbocycles. The van der Waals surface area contributed by atoms with Crippen LogP contribution in [0.1, 0.15) is 19.8 Å². The molecular weight excluding hydrogens is 216 g/mol. The Morgan fingerprint density at radius 3 is 3.06 bits per heavy atom. The summed E-state index contributed by atoms with van der Waals surface area (Å²) in [6.45, 7) is 2.97. The summed E-state index contributed by atoms with van der Waals surface area (Å²) in [6.07, 6.45) is 2.52. The number of nitrogens with zero attached hydrogens (tertiary/aromatic N) is 1. The maximum absolute atomic E-state index is 5.63. The Hall–Kier alpha value is -1.55. The SMILES string of the molecule is C[C@H](Nc1nc2ccccc2o1)[C@@H]1CCCO1. The van der Waals surface area contributed by atoms with E-state index in [9.17, 15) is 0 Å². The van der Waals surface area contributed by atoms with Crippen LogP contribution in [-0.4, -0.2) is 23.7 Å². The number of aromatic nitrogens is 1. The molecule has 0 saturated carbocycles. The number of hydrogen-bond donors (Lipinski definition) is 1. The van der Waals surface area contributed by atoms with Crippen molar-refractivity contribution in [3.05, 3.63) is 24.3 Å². The Labute approximate surface area is 100.0 Å². The van der Waals surface area contributed by atoms with E-state index in [1.165, 1.54) is 0 Å². The van der Waals surface area contributed by atoms with Crippen LogP contribution in [0.4, 0.5) is 6.01 Å². The highest BCUT2D eigenvalue weighted by Gasteiger charge is 2.23. The molecular formula is C13H16N2O2. The number of fused-ring (bicyclic) bond motifs is 1. The predicted molar refractivity (Wildman–Crippen MR) is 66.1 cm³/mol. The number of para-hydroxylation sites is 2. The molecule has 4 nitrogen and oxygen atoms in total. The molecule has 1 aromatic heterocycles. The molecule has 2 heterocycles. The van der Waals surface area contributed by atoms with Gasteiger partial charge >= 0.3 is 0 Å². The van der Waals surface area contributed by atoms with E-state index >= 15 is 0 Å². The summed E-state index contributed by atoms with van der Waals surface area (Å²) in [5.74, 6) is 0. The second kappa shape index (κ2) is 4.37. The second-order valence-corrected chi connectivity index (χ2v) is 4.47. The third kappa shape index (κ3) is 2.13. The largest absolute Gasteiger partial charge is 0.424 e. The Balaban J connectivity index is 1.75. The number of nitrogens with one attached hydrogen (secondary N) is 1. The zero-order valence-corrected chi connectivity index (χ0v) is 9.85. The predicted octanol–water partition coefficient (Wildman–Crippen LogP) is 2.81. The van der Waals surface area contributed by atoms with Gasteiger partial charge in [0.15, 0.2) is 5.58 Å². The van der Waals surface area contributed by atoms with Gasteiger partial charge in [-0.3, -0.25) is 0 Å². The summed E-state index contributed by atoms with van der Waals surface area (Å²) in [4.78, 5) is 4.39. The van der Waals surface area contributed by atoms with Gasteiger partial charge in [0.1, 0.15) is 5.52 Å². The van der Waals surface area contributed by atoms with E-state index in [-0.39, 0.29) is 12.1 Å². The van der Waals surface area contributed by atoms with Crippen LogP contribution in [0.25, 0.3) is 11.1 Å². The normalized spacial score (nSPS) is 21.8. The van der Waals surface area contributed by atoms with E-state index in [1.807, 2.05) is 24.3 Å². The summed E-state index contributed by atoms with van der Waals surface area (Å²) < 4.78 is 11.2. The molecule has 0 spiro atoms. The van der Waals surface area contributed by atoms with Gasteiger partial charge in [-0.2, -0.15) is 4.98 Å². The van der Waals surface area contributed by atoms with E-state index in [0.29, 0.717) is 6.01 Å². The van der Waals surface area contributed by atoms with E-state index in [1.54, 1.807) is 0 Å². The van der Waals surface area contributed by atoms with Crippen LogP contribution < -0.4 is 5.32 Å². The molecule has 3 rings (SSSR count). The Bertz CT molecular complexity index is 470. The number of rotatable bonds is 3. The summed E-state index contributed by atoms with van der Waals surface area (Å²) in [7, 11) is 0. The number of ether oxygens (including phenoxy) is 1. The minimum atomic E-state index is 0.227. The Morgan fingerprint density at radius 1 is 1.41 bits per heavy atom. The van der Waals surface area contributed by atoms with Crippen LogP contribution in [0.3, 0.4) is 0 Å². The number of hydrogen-bond acceptors (Lipinski definition) is 4. The number of oxazole rings is 1. The van der Waals surface area contributed by atoms with Gasteiger partial charge in [-0.25, -0.2) is 0 Å². The number of anilines is 1. The molecule has 0 radical (unpaired) electrons. The first-order chi connectivity index (χ1) is 8.33. The van der Waals surface area contributed by atoms with Gasteiger partial charge < -0.3 is 14.5 Å². The molecule has 1 fully saturated rings. The van der Waals surface area contributed by atoms with Crippen molar-refractivity contribution >= 4 is 17.1 Å². The highest BCUT2D eigenvalue weighted by molar-refractivity contribution is 5.74. The average Bonchev–Trinajstić information content (AvgIpc) is 2.97. The molecule has 1 aliphatic heterocycles. The van der Waals surface area contributed by atoms with Gasteiger partial charge in [0.25, 0.3) is 6.01 Å². The molecule has 4 heteroatoms. The van der Waals surface area contributed by atoms with Crippen LogP contribution in [-0.2, 0) is 4.74 Å².